The number of para-hydroxylation sites is 1. The molecule has 1 aromatic carbocycles. The third-order valence-corrected chi connectivity index (χ3v) is 3.34. The van der Waals surface area contributed by atoms with E-state index in [9.17, 15) is 5.26 Å². The van der Waals surface area contributed by atoms with E-state index < -0.39 is 0 Å². The first-order chi connectivity index (χ1) is 10.2. The summed E-state index contributed by atoms with van der Waals surface area (Å²) in [4.78, 5) is 8.75. The summed E-state index contributed by atoms with van der Waals surface area (Å²) in [5.74, 6) is 0. The van der Waals surface area contributed by atoms with Gasteiger partial charge in [0.1, 0.15) is 6.07 Å². The molecule has 2 aromatic heterocycles. The van der Waals surface area contributed by atoms with E-state index in [2.05, 4.69) is 21.4 Å². The van der Waals surface area contributed by atoms with Crippen molar-refractivity contribution in [2.75, 3.05) is 5.32 Å². The number of fused-ring (bicyclic) bond motifs is 1. The van der Waals surface area contributed by atoms with Crippen LogP contribution in [0.3, 0.4) is 0 Å². The van der Waals surface area contributed by atoms with Crippen LogP contribution in [0.25, 0.3) is 10.9 Å². The highest BCUT2D eigenvalue weighted by Crippen LogP contribution is 2.27. The number of nitrogens with zero attached hydrogens (tertiary/aromatic N) is 3. The van der Waals surface area contributed by atoms with Gasteiger partial charge in [0, 0.05) is 17.3 Å². The van der Waals surface area contributed by atoms with Gasteiger partial charge in [0.25, 0.3) is 0 Å². The number of nitriles is 1. The number of pyridine rings is 2. The first-order valence-electron chi connectivity index (χ1n) is 6.68. The van der Waals surface area contributed by atoms with Gasteiger partial charge in [-0.3, -0.25) is 9.97 Å². The summed E-state index contributed by atoms with van der Waals surface area (Å²) >= 11 is 0. The van der Waals surface area contributed by atoms with E-state index in [0.29, 0.717) is 5.56 Å². The molecule has 102 valence electrons. The van der Waals surface area contributed by atoms with Gasteiger partial charge in [-0.1, -0.05) is 18.2 Å². The second-order valence-corrected chi connectivity index (χ2v) is 4.89. The molecule has 1 N–H and O–H groups in total. The third kappa shape index (κ3) is 2.41. The molecule has 0 radical (unpaired) electrons. The summed E-state index contributed by atoms with van der Waals surface area (Å²) in [6, 6.07) is 14.0. The highest BCUT2D eigenvalue weighted by Gasteiger charge is 2.10. The van der Waals surface area contributed by atoms with Gasteiger partial charge in [-0.15, -0.1) is 0 Å². The lowest BCUT2D eigenvalue weighted by atomic mass is 10.1. The van der Waals surface area contributed by atoms with Gasteiger partial charge in [0.15, 0.2) is 0 Å². The van der Waals surface area contributed by atoms with Crippen molar-refractivity contribution in [1.82, 2.24) is 9.97 Å². The summed E-state index contributed by atoms with van der Waals surface area (Å²) in [7, 11) is 0. The standard InChI is InChI=1S/C17H14N4/c1-11-9-16(14(10-18)12(2)20-11)21-15-7-3-5-13-6-4-8-19-17(13)15/h3-9H,1-2H3,(H,20,21). The van der Waals surface area contributed by atoms with Crippen LogP contribution in [0.1, 0.15) is 17.0 Å². The number of hydrogen-bond donors (Lipinski definition) is 1. The van der Waals surface area contributed by atoms with E-state index in [1.807, 2.05) is 50.2 Å². The average molecular weight is 274 g/mol. The molecule has 0 amide bonds. The Bertz CT molecular complexity index is 857. The van der Waals surface area contributed by atoms with Crippen LogP contribution in [0.5, 0.6) is 0 Å². The summed E-state index contributed by atoms with van der Waals surface area (Å²) < 4.78 is 0. The number of anilines is 2. The maximum Gasteiger partial charge on any atom is 0.103 e. The predicted molar refractivity (Wildman–Crippen MR) is 83.5 cm³/mol. The van der Waals surface area contributed by atoms with E-state index in [1.54, 1.807) is 6.20 Å². The Morgan fingerprint density at radius 2 is 1.90 bits per heavy atom. The Labute approximate surface area is 123 Å². The monoisotopic (exact) mass is 274 g/mol. The van der Waals surface area contributed by atoms with Gasteiger partial charge in [-0.05, 0) is 32.0 Å². The molecule has 0 saturated carbocycles. The van der Waals surface area contributed by atoms with E-state index in [0.717, 1.165) is 33.7 Å². The number of benzene rings is 1. The van der Waals surface area contributed by atoms with E-state index >= 15 is 0 Å². The third-order valence-electron chi connectivity index (χ3n) is 3.34. The molecule has 3 rings (SSSR count). The second-order valence-electron chi connectivity index (χ2n) is 4.89. The van der Waals surface area contributed by atoms with Crippen molar-refractivity contribution >= 4 is 22.3 Å². The zero-order valence-electron chi connectivity index (χ0n) is 11.9. The minimum atomic E-state index is 0.563. The molecule has 0 aliphatic carbocycles. The van der Waals surface area contributed by atoms with Crippen LogP contribution in [0.4, 0.5) is 11.4 Å². The number of nitrogens with one attached hydrogen (secondary N) is 1. The topological polar surface area (TPSA) is 61.6 Å². The lowest BCUT2D eigenvalue weighted by molar-refractivity contribution is 1.11. The van der Waals surface area contributed by atoms with Crippen molar-refractivity contribution in [1.29, 1.82) is 5.26 Å². The Balaban J connectivity index is 2.14. The lowest BCUT2D eigenvalue weighted by Gasteiger charge is -2.12. The van der Waals surface area contributed by atoms with Gasteiger partial charge < -0.3 is 5.32 Å². The van der Waals surface area contributed by atoms with E-state index in [-0.39, 0.29) is 0 Å². The zero-order chi connectivity index (χ0) is 14.8. The molecule has 0 aliphatic heterocycles. The fraction of sp³-hybridized carbons (Fsp3) is 0.118. The van der Waals surface area contributed by atoms with Crippen LogP contribution < -0.4 is 5.32 Å². The Morgan fingerprint density at radius 3 is 2.71 bits per heavy atom. The van der Waals surface area contributed by atoms with Gasteiger partial charge in [-0.2, -0.15) is 5.26 Å². The van der Waals surface area contributed by atoms with Gasteiger partial charge in [0.2, 0.25) is 0 Å². The van der Waals surface area contributed by atoms with Crippen LogP contribution in [0, 0.1) is 25.2 Å². The highest BCUT2D eigenvalue weighted by atomic mass is 14.9. The highest BCUT2D eigenvalue weighted by molar-refractivity contribution is 5.92. The molecule has 0 fully saturated rings. The largest absolute Gasteiger partial charge is 0.353 e. The van der Waals surface area contributed by atoms with Crippen molar-refractivity contribution in [2.24, 2.45) is 0 Å². The maximum absolute atomic E-state index is 9.34. The van der Waals surface area contributed by atoms with Crippen LogP contribution in [-0.2, 0) is 0 Å². The average Bonchev–Trinajstić information content (AvgIpc) is 2.47. The van der Waals surface area contributed by atoms with Gasteiger partial charge in [-0.25, -0.2) is 0 Å². The quantitative estimate of drug-likeness (QED) is 0.770. The van der Waals surface area contributed by atoms with Crippen LogP contribution in [0.15, 0.2) is 42.6 Å². The molecular formula is C17H14N4. The van der Waals surface area contributed by atoms with E-state index in [4.69, 9.17) is 0 Å². The summed E-state index contributed by atoms with van der Waals surface area (Å²) in [5, 5.41) is 13.7. The molecular weight excluding hydrogens is 260 g/mol. The summed E-state index contributed by atoms with van der Waals surface area (Å²) in [5.41, 5.74) is 4.70. The molecule has 0 saturated heterocycles. The SMILES string of the molecule is Cc1cc(Nc2cccc3cccnc23)c(C#N)c(C)n1. The fourth-order valence-corrected chi connectivity index (χ4v) is 2.42. The van der Waals surface area contributed by atoms with Crippen LogP contribution in [0.2, 0.25) is 0 Å². The molecule has 0 atom stereocenters. The predicted octanol–water partition coefficient (Wildman–Crippen LogP) is 3.86. The number of hydrogen-bond acceptors (Lipinski definition) is 4. The van der Waals surface area contributed by atoms with Crippen molar-refractivity contribution in [2.45, 2.75) is 13.8 Å². The molecule has 0 bridgehead atoms. The molecule has 0 unspecified atom stereocenters. The Kier molecular flexibility index (Phi) is 3.25. The van der Waals surface area contributed by atoms with Crippen molar-refractivity contribution in [3.63, 3.8) is 0 Å². The summed E-state index contributed by atoms with van der Waals surface area (Å²) in [6.45, 7) is 3.76. The number of rotatable bonds is 2. The normalized spacial score (nSPS) is 10.3. The zero-order valence-corrected chi connectivity index (χ0v) is 11.9. The first-order valence-corrected chi connectivity index (χ1v) is 6.68. The molecule has 0 aliphatic rings. The number of aromatic nitrogens is 2. The molecule has 0 spiro atoms. The molecule has 21 heavy (non-hydrogen) atoms. The van der Waals surface area contributed by atoms with Crippen LogP contribution >= 0.6 is 0 Å². The van der Waals surface area contributed by atoms with Gasteiger partial charge >= 0.3 is 0 Å². The van der Waals surface area contributed by atoms with Crippen molar-refractivity contribution in [3.05, 3.63) is 59.5 Å². The summed E-state index contributed by atoms with van der Waals surface area (Å²) in [6.07, 6.45) is 1.77. The Morgan fingerprint density at radius 1 is 1.10 bits per heavy atom. The second kappa shape index (κ2) is 5.22. The smallest absolute Gasteiger partial charge is 0.103 e. The molecule has 4 heteroatoms. The molecule has 3 aromatic rings. The minimum Gasteiger partial charge on any atom is -0.353 e. The Hall–Kier alpha value is -2.93. The van der Waals surface area contributed by atoms with Gasteiger partial charge in [0.05, 0.1) is 28.1 Å². The number of aryl methyl sites for hydroxylation is 2. The first kappa shape index (κ1) is 13.1. The molecule has 4 nitrogen and oxygen atoms in total. The molecule has 2 heterocycles. The maximum atomic E-state index is 9.34. The van der Waals surface area contributed by atoms with Crippen molar-refractivity contribution < 1.29 is 0 Å². The lowest BCUT2D eigenvalue weighted by Crippen LogP contribution is -2.00. The van der Waals surface area contributed by atoms with Crippen molar-refractivity contribution in [3.8, 4) is 6.07 Å². The van der Waals surface area contributed by atoms with E-state index in [1.165, 1.54) is 0 Å². The van der Waals surface area contributed by atoms with Crippen LogP contribution in [-0.4, -0.2) is 9.97 Å². The fourth-order valence-electron chi connectivity index (χ4n) is 2.42. The minimum absolute atomic E-state index is 0.563.